The molecule has 0 N–H and O–H groups in total. The van der Waals surface area contributed by atoms with E-state index in [-0.39, 0.29) is 31.1 Å². The molecule has 6 heteroatoms. The third-order valence-electron chi connectivity index (χ3n) is 14.5. The highest BCUT2D eigenvalue weighted by molar-refractivity contribution is 5.71. The van der Waals surface area contributed by atoms with Gasteiger partial charge in [0.15, 0.2) is 6.10 Å². The number of rotatable bonds is 61. The molecular weight excluding hydrogens is 985 g/mol. The molecular formula is C74H126O6. The highest BCUT2D eigenvalue weighted by atomic mass is 16.6. The average molecular weight is 1110 g/mol. The van der Waals surface area contributed by atoms with E-state index in [0.717, 1.165) is 116 Å². The zero-order valence-electron chi connectivity index (χ0n) is 52.6. The molecule has 1 atom stereocenters. The molecule has 80 heavy (non-hydrogen) atoms. The lowest BCUT2D eigenvalue weighted by Gasteiger charge is -2.18. The predicted octanol–water partition coefficient (Wildman–Crippen LogP) is 23.4. The number of allylic oxidation sites excluding steroid dienone is 18. The van der Waals surface area contributed by atoms with Gasteiger partial charge in [-0.1, -0.05) is 310 Å². The minimum Gasteiger partial charge on any atom is -0.462 e. The number of carbonyl (C=O) groups is 3. The van der Waals surface area contributed by atoms with E-state index in [1.165, 1.54) is 167 Å². The van der Waals surface area contributed by atoms with Gasteiger partial charge < -0.3 is 14.2 Å². The molecule has 0 aliphatic rings. The van der Waals surface area contributed by atoms with E-state index in [1.54, 1.807) is 0 Å². The molecule has 0 aliphatic heterocycles. The summed E-state index contributed by atoms with van der Waals surface area (Å²) in [5, 5.41) is 0. The summed E-state index contributed by atoms with van der Waals surface area (Å²) in [7, 11) is 0. The Labute approximate surface area is 495 Å². The summed E-state index contributed by atoms with van der Waals surface area (Å²) in [5.74, 6) is -0.872. The Morgan fingerprint density at radius 1 is 0.263 bits per heavy atom. The fourth-order valence-electron chi connectivity index (χ4n) is 9.52. The van der Waals surface area contributed by atoms with Gasteiger partial charge in [0.1, 0.15) is 13.2 Å². The molecule has 0 rings (SSSR count). The number of ether oxygens (including phenoxy) is 3. The molecule has 0 radical (unpaired) electrons. The molecule has 0 amide bonds. The summed E-state index contributed by atoms with van der Waals surface area (Å²) >= 11 is 0. The van der Waals surface area contributed by atoms with E-state index in [2.05, 4.69) is 130 Å². The van der Waals surface area contributed by atoms with Crippen LogP contribution in [0.4, 0.5) is 0 Å². The maximum absolute atomic E-state index is 12.9. The molecule has 6 nitrogen and oxygen atoms in total. The van der Waals surface area contributed by atoms with Crippen LogP contribution in [0.1, 0.15) is 323 Å². The maximum atomic E-state index is 12.9. The molecule has 0 aromatic carbocycles. The van der Waals surface area contributed by atoms with Crippen LogP contribution in [-0.2, 0) is 28.6 Å². The van der Waals surface area contributed by atoms with E-state index in [4.69, 9.17) is 14.2 Å². The summed E-state index contributed by atoms with van der Waals surface area (Å²) in [5.41, 5.74) is 0. The Hall–Kier alpha value is -3.93. The van der Waals surface area contributed by atoms with E-state index < -0.39 is 6.10 Å². The Bertz CT molecular complexity index is 1610. The van der Waals surface area contributed by atoms with Gasteiger partial charge in [0, 0.05) is 19.3 Å². The number of unbranched alkanes of at least 4 members (excludes halogenated alkanes) is 32. The maximum Gasteiger partial charge on any atom is 0.306 e. The van der Waals surface area contributed by atoms with Crippen LogP contribution in [0.2, 0.25) is 0 Å². The minimum atomic E-state index is -0.780. The van der Waals surface area contributed by atoms with Gasteiger partial charge in [-0.15, -0.1) is 0 Å². The first kappa shape index (κ1) is 76.1. The summed E-state index contributed by atoms with van der Waals surface area (Å²) < 4.78 is 16.9. The second-order valence-electron chi connectivity index (χ2n) is 22.3. The van der Waals surface area contributed by atoms with Gasteiger partial charge in [0.05, 0.1) is 0 Å². The molecule has 0 fully saturated rings. The van der Waals surface area contributed by atoms with Crippen molar-refractivity contribution >= 4 is 17.9 Å². The van der Waals surface area contributed by atoms with Crippen LogP contribution < -0.4 is 0 Å². The SMILES string of the molecule is CC/C=C\C/C=C\C/C=C\C/C=C\C/C=C\CCCCCCCCCCCCCC(=O)OCC(COC(=O)CCCCCCCCCCCC)OC(=O)CCCCCCCCCCCCCC/C=C\C/C=C\C/C=C\C/C=C\CC. The van der Waals surface area contributed by atoms with Crippen molar-refractivity contribution in [3.63, 3.8) is 0 Å². The topological polar surface area (TPSA) is 78.9 Å². The monoisotopic (exact) mass is 1110 g/mol. The molecule has 0 aromatic rings. The first-order chi connectivity index (χ1) is 39.5. The molecule has 0 saturated carbocycles. The smallest absolute Gasteiger partial charge is 0.306 e. The second-order valence-corrected chi connectivity index (χ2v) is 22.3. The Balaban J connectivity index is 4.22. The van der Waals surface area contributed by atoms with Gasteiger partial charge in [-0.2, -0.15) is 0 Å². The van der Waals surface area contributed by atoms with Gasteiger partial charge in [0.25, 0.3) is 0 Å². The first-order valence-electron chi connectivity index (χ1n) is 33.9. The molecule has 0 aromatic heterocycles. The van der Waals surface area contributed by atoms with Crippen molar-refractivity contribution in [2.75, 3.05) is 13.2 Å². The molecule has 0 heterocycles. The van der Waals surface area contributed by atoms with Crippen LogP contribution >= 0.6 is 0 Å². The lowest BCUT2D eigenvalue weighted by molar-refractivity contribution is -0.167. The lowest BCUT2D eigenvalue weighted by Crippen LogP contribution is -2.30. The van der Waals surface area contributed by atoms with Gasteiger partial charge >= 0.3 is 17.9 Å². The molecule has 0 saturated heterocycles. The summed E-state index contributed by atoms with van der Waals surface area (Å²) in [6, 6.07) is 0. The van der Waals surface area contributed by atoms with Crippen molar-refractivity contribution in [1.29, 1.82) is 0 Å². The van der Waals surface area contributed by atoms with Crippen molar-refractivity contribution in [2.24, 2.45) is 0 Å². The highest BCUT2D eigenvalue weighted by Gasteiger charge is 2.19. The van der Waals surface area contributed by atoms with Gasteiger partial charge in [-0.25, -0.2) is 0 Å². The van der Waals surface area contributed by atoms with Crippen LogP contribution in [0.25, 0.3) is 0 Å². The van der Waals surface area contributed by atoms with Gasteiger partial charge in [-0.05, 0) is 103 Å². The summed E-state index contributed by atoms with van der Waals surface area (Å²) in [4.78, 5) is 38.3. The van der Waals surface area contributed by atoms with Crippen LogP contribution in [0.5, 0.6) is 0 Å². The van der Waals surface area contributed by atoms with Crippen LogP contribution in [0.15, 0.2) is 109 Å². The first-order valence-corrected chi connectivity index (χ1v) is 33.9. The fraction of sp³-hybridized carbons (Fsp3) is 0.716. The molecule has 0 aliphatic carbocycles. The van der Waals surface area contributed by atoms with E-state index in [9.17, 15) is 14.4 Å². The average Bonchev–Trinajstić information content (AvgIpc) is 3.46. The third-order valence-corrected chi connectivity index (χ3v) is 14.5. The predicted molar refractivity (Wildman–Crippen MR) is 348 cm³/mol. The van der Waals surface area contributed by atoms with Crippen LogP contribution in [-0.4, -0.2) is 37.2 Å². The summed E-state index contributed by atoms with van der Waals surface area (Å²) in [6.45, 7) is 6.43. The number of carbonyl (C=O) groups excluding carboxylic acids is 3. The number of hydrogen-bond donors (Lipinski definition) is 0. The second kappa shape index (κ2) is 67.6. The van der Waals surface area contributed by atoms with Crippen molar-refractivity contribution < 1.29 is 28.6 Å². The number of hydrogen-bond acceptors (Lipinski definition) is 6. The van der Waals surface area contributed by atoms with E-state index in [0.29, 0.717) is 19.3 Å². The van der Waals surface area contributed by atoms with Gasteiger partial charge in [0.2, 0.25) is 0 Å². The highest BCUT2D eigenvalue weighted by Crippen LogP contribution is 2.17. The Morgan fingerprint density at radius 3 is 0.762 bits per heavy atom. The van der Waals surface area contributed by atoms with Crippen molar-refractivity contribution in [2.45, 2.75) is 329 Å². The lowest BCUT2D eigenvalue weighted by atomic mass is 10.0. The molecule has 0 spiro atoms. The quantitative estimate of drug-likeness (QED) is 0.0261. The zero-order chi connectivity index (χ0) is 57.8. The molecule has 1 unspecified atom stereocenters. The third kappa shape index (κ3) is 64.9. The standard InChI is InChI=1S/C74H126O6/c1-4-7-10-13-16-19-22-24-26-28-30-32-34-36-37-39-40-42-44-46-48-50-52-55-58-61-64-67-73(76)79-70-71(69-78-72(75)66-63-60-57-54-21-18-15-12-9-6-3)80-74(77)68-65-62-59-56-53-51-49-47-45-43-41-38-35-33-31-29-27-25-23-20-17-14-11-8-5-2/h7-8,10-11,16-17,19-20,24-27,30-33,36-37,71H,4-6,9,12-15,18,21-23,28-29,34-35,38-70H2,1-3H3/b10-7-,11-8-,19-16-,20-17-,26-24-,27-25-,32-30-,33-31-,37-36-. The fourth-order valence-corrected chi connectivity index (χ4v) is 9.52. The van der Waals surface area contributed by atoms with Crippen LogP contribution in [0.3, 0.4) is 0 Å². The van der Waals surface area contributed by atoms with Crippen LogP contribution in [0, 0.1) is 0 Å². The normalized spacial score (nSPS) is 12.8. The van der Waals surface area contributed by atoms with Crippen molar-refractivity contribution in [1.82, 2.24) is 0 Å². The minimum absolute atomic E-state index is 0.0766. The Morgan fingerprint density at radius 2 is 0.487 bits per heavy atom. The summed E-state index contributed by atoms with van der Waals surface area (Å²) in [6.07, 6.45) is 92.5. The largest absolute Gasteiger partial charge is 0.462 e. The van der Waals surface area contributed by atoms with E-state index >= 15 is 0 Å². The molecule has 0 bridgehead atoms. The van der Waals surface area contributed by atoms with Crippen molar-refractivity contribution in [3.8, 4) is 0 Å². The van der Waals surface area contributed by atoms with Crippen molar-refractivity contribution in [3.05, 3.63) is 109 Å². The number of esters is 3. The Kier molecular flexibility index (Phi) is 64.3. The van der Waals surface area contributed by atoms with Gasteiger partial charge in [-0.3, -0.25) is 14.4 Å². The molecule has 458 valence electrons. The van der Waals surface area contributed by atoms with E-state index in [1.807, 2.05) is 0 Å². The zero-order valence-corrected chi connectivity index (χ0v) is 52.6.